The number of methoxy groups -OCH3 is 1. The van der Waals surface area contributed by atoms with Crippen molar-refractivity contribution in [3.05, 3.63) is 47.0 Å². The molecule has 11 heteroatoms. The molecule has 2 rings (SSSR count). The number of hydrogen-bond acceptors (Lipinski definition) is 7. The number of halogens is 3. The van der Waals surface area contributed by atoms with Gasteiger partial charge in [-0.15, -0.1) is 0 Å². The third-order valence-corrected chi connectivity index (χ3v) is 4.98. The Bertz CT molecular complexity index is 1080. The maximum Gasteiger partial charge on any atom is 0.396 e. The Kier molecular flexibility index (Phi) is 9.50. The number of rotatable bonds is 10. The largest absolute Gasteiger partial charge is 0.507 e. The van der Waals surface area contributed by atoms with Crippen LogP contribution >= 0.6 is 0 Å². The standard InChI is InChI=1S/C24H26F3NO7/c1-14-18(28-22(31)23(32)33-3)6-4-7-19(14)34-12-5-13-35-20-9-8-16(15(2)29)21(30)17(20)10-11-24(25,26)27/h4,6-9,30H,5,10-13H2,1-3H3,(H,28,31). The molecule has 0 atom stereocenters. The fraction of sp³-hybridized carbons (Fsp3) is 0.375. The number of esters is 1. The summed E-state index contributed by atoms with van der Waals surface area (Å²) < 4.78 is 53.8. The van der Waals surface area contributed by atoms with Gasteiger partial charge in [0, 0.05) is 29.7 Å². The Hall–Kier alpha value is -3.76. The molecule has 0 aliphatic heterocycles. The van der Waals surface area contributed by atoms with Crippen molar-refractivity contribution < 1.29 is 46.9 Å². The second-order valence-electron chi connectivity index (χ2n) is 7.53. The van der Waals surface area contributed by atoms with Gasteiger partial charge >= 0.3 is 18.1 Å². The monoisotopic (exact) mass is 497 g/mol. The van der Waals surface area contributed by atoms with Crippen molar-refractivity contribution >= 4 is 23.3 Å². The summed E-state index contributed by atoms with van der Waals surface area (Å²) in [5, 5.41) is 12.7. The highest BCUT2D eigenvalue weighted by Crippen LogP contribution is 2.35. The molecule has 0 radical (unpaired) electrons. The Labute approximate surface area is 200 Å². The number of phenolic OH excluding ortho intramolecular Hbond substituents is 1. The number of ether oxygens (including phenoxy) is 3. The number of ketones is 1. The second kappa shape index (κ2) is 12.1. The van der Waals surface area contributed by atoms with E-state index in [1.165, 1.54) is 19.1 Å². The third-order valence-electron chi connectivity index (χ3n) is 4.98. The van der Waals surface area contributed by atoms with Crippen LogP contribution in [0.4, 0.5) is 18.9 Å². The lowest BCUT2D eigenvalue weighted by Crippen LogP contribution is -2.24. The van der Waals surface area contributed by atoms with E-state index >= 15 is 0 Å². The molecule has 0 spiro atoms. The number of alkyl halides is 3. The number of benzene rings is 2. The van der Waals surface area contributed by atoms with Gasteiger partial charge in [-0.3, -0.25) is 9.59 Å². The molecule has 0 heterocycles. The maximum absolute atomic E-state index is 12.7. The molecule has 2 N–H and O–H groups in total. The first-order valence-corrected chi connectivity index (χ1v) is 10.6. The minimum Gasteiger partial charge on any atom is -0.507 e. The summed E-state index contributed by atoms with van der Waals surface area (Å²) in [4.78, 5) is 34.6. The highest BCUT2D eigenvalue weighted by molar-refractivity contribution is 6.37. The topological polar surface area (TPSA) is 111 Å². The zero-order valence-corrected chi connectivity index (χ0v) is 19.5. The molecule has 0 saturated carbocycles. The Morgan fingerprint density at radius 2 is 1.69 bits per heavy atom. The van der Waals surface area contributed by atoms with E-state index in [2.05, 4.69) is 10.1 Å². The van der Waals surface area contributed by atoms with Gasteiger partial charge in [-0.2, -0.15) is 13.2 Å². The minimum atomic E-state index is -4.44. The van der Waals surface area contributed by atoms with Crippen molar-refractivity contribution in [1.82, 2.24) is 0 Å². The van der Waals surface area contributed by atoms with Crippen LogP contribution in [0.15, 0.2) is 30.3 Å². The highest BCUT2D eigenvalue weighted by atomic mass is 19.4. The van der Waals surface area contributed by atoms with Crippen LogP contribution in [0.2, 0.25) is 0 Å². The van der Waals surface area contributed by atoms with E-state index in [-0.39, 0.29) is 30.1 Å². The smallest absolute Gasteiger partial charge is 0.396 e. The number of carbonyl (C=O) groups is 3. The lowest BCUT2D eigenvalue weighted by molar-refractivity contribution is -0.150. The molecule has 2 aromatic carbocycles. The number of phenols is 1. The predicted octanol–water partition coefficient (Wildman–Crippen LogP) is 4.36. The highest BCUT2D eigenvalue weighted by Gasteiger charge is 2.29. The SMILES string of the molecule is COC(=O)C(=O)Nc1cccc(OCCCOc2ccc(C(C)=O)c(O)c2CCC(F)(F)F)c1C. The molecular weight excluding hydrogens is 471 g/mol. The van der Waals surface area contributed by atoms with E-state index in [9.17, 15) is 32.7 Å². The molecule has 0 bridgehead atoms. The van der Waals surface area contributed by atoms with Gasteiger partial charge in [0.05, 0.1) is 25.9 Å². The first-order chi connectivity index (χ1) is 16.4. The minimum absolute atomic E-state index is 0.0560. The number of nitrogens with one attached hydrogen (secondary N) is 1. The molecule has 0 unspecified atom stereocenters. The number of anilines is 1. The summed E-state index contributed by atoms with van der Waals surface area (Å²) in [6.07, 6.45) is -5.81. The van der Waals surface area contributed by atoms with E-state index in [0.717, 1.165) is 7.11 Å². The summed E-state index contributed by atoms with van der Waals surface area (Å²) in [6.45, 7) is 3.13. The molecule has 0 saturated heterocycles. The van der Waals surface area contributed by atoms with Crippen LogP contribution in [-0.4, -0.2) is 49.3 Å². The van der Waals surface area contributed by atoms with Crippen LogP contribution in [0.1, 0.15) is 41.3 Å². The van der Waals surface area contributed by atoms with Gasteiger partial charge in [-0.05, 0) is 44.5 Å². The van der Waals surface area contributed by atoms with Crippen LogP contribution in [0, 0.1) is 6.92 Å². The first-order valence-electron chi connectivity index (χ1n) is 10.6. The Morgan fingerprint density at radius 3 is 2.29 bits per heavy atom. The van der Waals surface area contributed by atoms with Gasteiger partial charge in [0.2, 0.25) is 0 Å². The lowest BCUT2D eigenvalue weighted by Gasteiger charge is -2.16. The maximum atomic E-state index is 12.7. The molecule has 0 aliphatic carbocycles. The average molecular weight is 497 g/mol. The van der Waals surface area contributed by atoms with Gasteiger partial charge in [0.15, 0.2) is 5.78 Å². The number of amides is 1. The zero-order chi connectivity index (χ0) is 26.2. The van der Waals surface area contributed by atoms with E-state index in [1.807, 2.05) is 0 Å². The van der Waals surface area contributed by atoms with Crippen LogP contribution in [0.5, 0.6) is 17.2 Å². The summed E-state index contributed by atoms with van der Waals surface area (Å²) in [5.74, 6) is -2.46. The van der Waals surface area contributed by atoms with Crippen LogP contribution in [-0.2, 0) is 20.7 Å². The summed E-state index contributed by atoms with van der Waals surface area (Å²) in [5.41, 5.74) is 0.780. The van der Waals surface area contributed by atoms with Crippen LogP contribution < -0.4 is 14.8 Å². The number of hydrogen-bond donors (Lipinski definition) is 2. The molecule has 8 nitrogen and oxygen atoms in total. The van der Waals surface area contributed by atoms with Crippen LogP contribution in [0.25, 0.3) is 0 Å². The quantitative estimate of drug-likeness (QED) is 0.217. The molecule has 35 heavy (non-hydrogen) atoms. The average Bonchev–Trinajstić information content (AvgIpc) is 2.79. The van der Waals surface area contributed by atoms with E-state index < -0.39 is 42.4 Å². The molecular formula is C24H26F3NO7. The van der Waals surface area contributed by atoms with Gasteiger partial charge in [-0.1, -0.05) is 6.07 Å². The molecule has 0 aliphatic rings. The molecule has 1 amide bonds. The Balaban J connectivity index is 1.99. The van der Waals surface area contributed by atoms with Crippen molar-refractivity contribution in [3.63, 3.8) is 0 Å². The van der Waals surface area contributed by atoms with E-state index in [1.54, 1.807) is 25.1 Å². The predicted molar refractivity (Wildman–Crippen MR) is 120 cm³/mol. The normalized spacial score (nSPS) is 11.0. The van der Waals surface area contributed by atoms with Crippen molar-refractivity contribution in [2.75, 3.05) is 25.6 Å². The van der Waals surface area contributed by atoms with Crippen molar-refractivity contribution in [3.8, 4) is 17.2 Å². The van der Waals surface area contributed by atoms with Crippen LogP contribution in [0.3, 0.4) is 0 Å². The molecule has 0 fully saturated rings. The van der Waals surface area contributed by atoms with Gasteiger partial charge in [-0.25, -0.2) is 4.79 Å². The Morgan fingerprint density at radius 1 is 1.03 bits per heavy atom. The summed E-state index contributed by atoms with van der Waals surface area (Å²) in [6, 6.07) is 7.54. The number of aromatic hydroxyl groups is 1. The van der Waals surface area contributed by atoms with Crippen molar-refractivity contribution in [2.24, 2.45) is 0 Å². The fourth-order valence-electron chi connectivity index (χ4n) is 3.14. The van der Waals surface area contributed by atoms with Crippen molar-refractivity contribution in [2.45, 2.75) is 39.3 Å². The fourth-order valence-corrected chi connectivity index (χ4v) is 3.14. The zero-order valence-electron chi connectivity index (χ0n) is 19.5. The lowest BCUT2D eigenvalue weighted by atomic mass is 10.0. The molecule has 2 aromatic rings. The molecule has 190 valence electrons. The summed E-state index contributed by atoms with van der Waals surface area (Å²) in [7, 11) is 1.09. The van der Waals surface area contributed by atoms with E-state index in [0.29, 0.717) is 23.4 Å². The van der Waals surface area contributed by atoms with Gasteiger partial charge < -0.3 is 24.6 Å². The summed E-state index contributed by atoms with van der Waals surface area (Å²) >= 11 is 0. The second-order valence-corrected chi connectivity index (χ2v) is 7.53. The van der Waals surface area contributed by atoms with Gasteiger partial charge in [0.25, 0.3) is 0 Å². The van der Waals surface area contributed by atoms with Crippen molar-refractivity contribution in [1.29, 1.82) is 0 Å². The number of carbonyl (C=O) groups excluding carboxylic acids is 3. The number of Topliss-reactive ketones (excluding diaryl/α,β-unsaturated/α-hetero) is 1. The molecule has 0 aromatic heterocycles. The first kappa shape index (κ1) is 27.5. The third kappa shape index (κ3) is 7.90. The van der Waals surface area contributed by atoms with E-state index in [4.69, 9.17) is 9.47 Å². The van der Waals surface area contributed by atoms with Gasteiger partial charge in [0.1, 0.15) is 17.2 Å².